The highest BCUT2D eigenvalue weighted by Gasteiger charge is 1.96. The van der Waals surface area contributed by atoms with E-state index in [2.05, 4.69) is 65.5 Å². The second kappa shape index (κ2) is 6.38. The molecule has 3 heteroatoms. The first-order valence-corrected chi connectivity index (χ1v) is 6.33. The fraction of sp³-hybridized carbons (Fsp3) is 0.333. The summed E-state index contributed by atoms with van der Waals surface area (Å²) in [7, 11) is 4.18. The molecule has 0 spiro atoms. The molecule has 0 aliphatic carbocycles. The Morgan fingerprint density at radius 2 is 1.72 bits per heavy atom. The Balaban J connectivity index is 1.84. The number of nitrogens with zero attached hydrogens (tertiary/aromatic N) is 2. The van der Waals surface area contributed by atoms with Gasteiger partial charge in [0, 0.05) is 37.7 Å². The van der Waals surface area contributed by atoms with E-state index in [0.717, 1.165) is 19.6 Å². The Hall–Kier alpha value is -1.58. The predicted molar refractivity (Wildman–Crippen MR) is 76.0 cm³/mol. The average Bonchev–Trinajstić information content (AvgIpc) is 2.89. The van der Waals surface area contributed by atoms with Crippen LogP contribution in [0.3, 0.4) is 0 Å². The quantitative estimate of drug-likeness (QED) is 0.784. The lowest BCUT2D eigenvalue weighted by Gasteiger charge is -2.10. The van der Waals surface area contributed by atoms with Crippen LogP contribution >= 0.6 is 0 Å². The molecule has 0 saturated carbocycles. The normalized spacial score (nSPS) is 11.1. The summed E-state index contributed by atoms with van der Waals surface area (Å²) in [6.45, 7) is 3.02. The summed E-state index contributed by atoms with van der Waals surface area (Å²) in [5, 5.41) is 3.44. The number of hydrogen-bond donors (Lipinski definition) is 1. The maximum Gasteiger partial charge on any atom is 0.0449 e. The molecule has 0 radical (unpaired) electrons. The minimum Gasteiger partial charge on any atom is -0.324 e. The summed E-state index contributed by atoms with van der Waals surface area (Å²) in [6.07, 6.45) is 4.12. The highest BCUT2D eigenvalue weighted by Crippen LogP contribution is 2.09. The van der Waals surface area contributed by atoms with Crippen molar-refractivity contribution in [3.05, 3.63) is 54.4 Å². The van der Waals surface area contributed by atoms with Crippen molar-refractivity contribution in [1.82, 2.24) is 14.8 Å². The van der Waals surface area contributed by atoms with E-state index in [4.69, 9.17) is 0 Å². The molecule has 1 N–H and O–H groups in total. The number of rotatable bonds is 6. The van der Waals surface area contributed by atoms with Gasteiger partial charge in [-0.05, 0) is 43.9 Å². The maximum atomic E-state index is 3.44. The predicted octanol–water partition coefficient (Wildman–Crippen LogP) is 2.13. The molecule has 0 atom stereocenters. The molecular formula is C15H21N3. The van der Waals surface area contributed by atoms with E-state index in [0.29, 0.717) is 0 Å². The molecule has 1 aromatic heterocycles. The topological polar surface area (TPSA) is 20.2 Å². The van der Waals surface area contributed by atoms with Crippen LogP contribution in [0.25, 0.3) is 5.69 Å². The van der Waals surface area contributed by atoms with E-state index >= 15 is 0 Å². The standard InChI is InChI=1S/C15H21N3/c1-17(2)12-9-16-13-14-5-7-15(8-6-14)18-10-3-4-11-18/h3-8,10-11,16H,9,12-13H2,1-2H3. The lowest BCUT2D eigenvalue weighted by molar-refractivity contribution is 0.400. The summed E-state index contributed by atoms with van der Waals surface area (Å²) in [5.74, 6) is 0. The summed E-state index contributed by atoms with van der Waals surface area (Å²) in [6, 6.07) is 12.7. The van der Waals surface area contributed by atoms with Gasteiger partial charge in [-0.1, -0.05) is 12.1 Å². The van der Waals surface area contributed by atoms with Crippen molar-refractivity contribution in [1.29, 1.82) is 0 Å². The van der Waals surface area contributed by atoms with Crippen molar-refractivity contribution in [2.75, 3.05) is 27.2 Å². The molecule has 3 nitrogen and oxygen atoms in total. The first-order valence-electron chi connectivity index (χ1n) is 6.33. The molecular weight excluding hydrogens is 222 g/mol. The SMILES string of the molecule is CN(C)CCNCc1ccc(-n2cccc2)cc1. The molecule has 0 fully saturated rings. The van der Waals surface area contributed by atoms with Gasteiger partial charge >= 0.3 is 0 Å². The third-order valence-corrected chi connectivity index (χ3v) is 2.90. The van der Waals surface area contributed by atoms with Gasteiger partial charge < -0.3 is 14.8 Å². The van der Waals surface area contributed by atoms with Crippen LogP contribution in [-0.4, -0.2) is 36.7 Å². The Bertz CT molecular complexity index is 443. The summed E-state index contributed by atoms with van der Waals surface area (Å²) >= 11 is 0. The second-order valence-corrected chi connectivity index (χ2v) is 4.74. The van der Waals surface area contributed by atoms with Gasteiger partial charge in [-0.15, -0.1) is 0 Å². The van der Waals surface area contributed by atoms with E-state index in [9.17, 15) is 0 Å². The van der Waals surface area contributed by atoms with Crippen LogP contribution in [-0.2, 0) is 6.54 Å². The fourth-order valence-electron chi connectivity index (χ4n) is 1.83. The van der Waals surface area contributed by atoms with Crippen LogP contribution in [0.2, 0.25) is 0 Å². The zero-order chi connectivity index (χ0) is 12.8. The zero-order valence-corrected chi connectivity index (χ0v) is 11.1. The average molecular weight is 243 g/mol. The van der Waals surface area contributed by atoms with Crippen LogP contribution < -0.4 is 5.32 Å². The molecule has 0 saturated heterocycles. The van der Waals surface area contributed by atoms with Gasteiger partial charge in [-0.25, -0.2) is 0 Å². The van der Waals surface area contributed by atoms with Crippen LogP contribution in [0.4, 0.5) is 0 Å². The molecule has 96 valence electrons. The molecule has 2 rings (SSSR count). The summed E-state index contributed by atoms with van der Waals surface area (Å²) < 4.78 is 2.11. The van der Waals surface area contributed by atoms with Gasteiger partial charge in [0.2, 0.25) is 0 Å². The monoisotopic (exact) mass is 243 g/mol. The highest BCUT2D eigenvalue weighted by atomic mass is 15.1. The molecule has 1 aromatic carbocycles. The molecule has 2 aromatic rings. The lowest BCUT2D eigenvalue weighted by atomic mass is 10.2. The van der Waals surface area contributed by atoms with Crippen molar-refractivity contribution in [2.24, 2.45) is 0 Å². The van der Waals surface area contributed by atoms with Gasteiger partial charge in [0.1, 0.15) is 0 Å². The Kier molecular flexibility index (Phi) is 4.56. The van der Waals surface area contributed by atoms with Crippen LogP contribution in [0.15, 0.2) is 48.8 Å². The number of benzene rings is 1. The largest absolute Gasteiger partial charge is 0.324 e. The van der Waals surface area contributed by atoms with Crippen molar-refractivity contribution in [2.45, 2.75) is 6.54 Å². The van der Waals surface area contributed by atoms with E-state index in [1.807, 2.05) is 12.1 Å². The van der Waals surface area contributed by atoms with E-state index in [-0.39, 0.29) is 0 Å². The van der Waals surface area contributed by atoms with Gasteiger partial charge in [-0.2, -0.15) is 0 Å². The molecule has 0 bridgehead atoms. The first kappa shape index (κ1) is 12.9. The van der Waals surface area contributed by atoms with Gasteiger partial charge in [0.25, 0.3) is 0 Å². The second-order valence-electron chi connectivity index (χ2n) is 4.74. The van der Waals surface area contributed by atoms with Crippen LogP contribution in [0.5, 0.6) is 0 Å². The third kappa shape index (κ3) is 3.72. The molecule has 0 aliphatic rings. The minimum atomic E-state index is 0.930. The number of nitrogens with one attached hydrogen (secondary N) is 1. The van der Waals surface area contributed by atoms with Crippen molar-refractivity contribution in [3.63, 3.8) is 0 Å². The molecule has 18 heavy (non-hydrogen) atoms. The van der Waals surface area contributed by atoms with Crippen molar-refractivity contribution in [3.8, 4) is 5.69 Å². The van der Waals surface area contributed by atoms with E-state index < -0.39 is 0 Å². The first-order chi connectivity index (χ1) is 8.75. The number of hydrogen-bond acceptors (Lipinski definition) is 2. The Morgan fingerprint density at radius 1 is 1.06 bits per heavy atom. The summed E-state index contributed by atoms with van der Waals surface area (Å²) in [4.78, 5) is 2.18. The minimum absolute atomic E-state index is 0.930. The number of likely N-dealkylation sites (N-methyl/N-ethyl adjacent to an activating group) is 1. The van der Waals surface area contributed by atoms with Crippen molar-refractivity contribution < 1.29 is 0 Å². The third-order valence-electron chi connectivity index (χ3n) is 2.90. The smallest absolute Gasteiger partial charge is 0.0449 e. The summed E-state index contributed by atoms with van der Waals surface area (Å²) in [5.41, 5.74) is 2.53. The molecule has 0 aliphatic heterocycles. The lowest BCUT2D eigenvalue weighted by Crippen LogP contribution is -2.26. The van der Waals surface area contributed by atoms with Gasteiger partial charge in [0.15, 0.2) is 0 Å². The van der Waals surface area contributed by atoms with Gasteiger partial charge in [0.05, 0.1) is 0 Å². The van der Waals surface area contributed by atoms with Crippen LogP contribution in [0, 0.1) is 0 Å². The molecule has 0 amide bonds. The van der Waals surface area contributed by atoms with Crippen molar-refractivity contribution >= 4 is 0 Å². The van der Waals surface area contributed by atoms with E-state index in [1.165, 1.54) is 11.3 Å². The Labute approximate surface area is 109 Å². The Morgan fingerprint density at radius 3 is 2.33 bits per heavy atom. The maximum absolute atomic E-state index is 3.44. The highest BCUT2D eigenvalue weighted by molar-refractivity contribution is 5.35. The fourth-order valence-corrected chi connectivity index (χ4v) is 1.83. The zero-order valence-electron chi connectivity index (χ0n) is 11.1. The van der Waals surface area contributed by atoms with Gasteiger partial charge in [-0.3, -0.25) is 0 Å². The number of aromatic nitrogens is 1. The molecule has 1 heterocycles. The van der Waals surface area contributed by atoms with E-state index in [1.54, 1.807) is 0 Å². The van der Waals surface area contributed by atoms with Crippen LogP contribution in [0.1, 0.15) is 5.56 Å². The molecule has 0 unspecified atom stereocenters.